The van der Waals surface area contributed by atoms with Gasteiger partial charge < -0.3 is 0 Å². The van der Waals surface area contributed by atoms with Crippen molar-refractivity contribution in [2.75, 3.05) is 17.3 Å². The van der Waals surface area contributed by atoms with Crippen molar-refractivity contribution in [3.8, 4) is 0 Å². The molecule has 3 N–H and O–H groups in total. The van der Waals surface area contributed by atoms with Crippen LogP contribution in [0.15, 0.2) is 0 Å². The molecule has 0 aromatic carbocycles. The van der Waals surface area contributed by atoms with E-state index in [0.29, 0.717) is 6.04 Å². The quantitative estimate of drug-likeness (QED) is 0.602. The molecular weight excluding hydrogens is 236 g/mol. The van der Waals surface area contributed by atoms with E-state index < -0.39 is 0 Å². The summed E-state index contributed by atoms with van der Waals surface area (Å²) < 4.78 is 0. The normalized spacial score (nSPS) is 30.2. The molecule has 1 heterocycles. The van der Waals surface area contributed by atoms with Crippen molar-refractivity contribution in [3.63, 3.8) is 0 Å². The molecule has 1 saturated carbocycles. The second-order valence-corrected chi connectivity index (χ2v) is 7.49. The van der Waals surface area contributed by atoms with E-state index in [9.17, 15) is 0 Å². The molecule has 94 valence electrons. The molecule has 0 radical (unpaired) electrons. The van der Waals surface area contributed by atoms with Gasteiger partial charge in [0.2, 0.25) is 0 Å². The smallest absolute Gasteiger partial charge is 0.0340 e. The van der Waals surface area contributed by atoms with Crippen LogP contribution >= 0.6 is 23.5 Å². The first-order chi connectivity index (χ1) is 7.90. The molecule has 0 spiro atoms. The van der Waals surface area contributed by atoms with Crippen molar-refractivity contribution >= 4 is 23.5 Å². The first-order valence-electron chi connectivity index (χ1n) is 6.55. The number of nitrogens with one attached hydrogen (secondary N) is 1. The highest BCUT2D eigenvalue weighted by molar-refractivity contribution is 8.06. The lowest BCUT2D eigenvalue weighted by Gasteiger charge is -2.32. The summed E-state index contributed by atoms with van der Waals surface area (Å²) >= 11 is 4.21. The average molecular weight is 260 g/mol. The summed E-state index contributed by atoms with van der Waals surface area (Å²) in [5, 5.41) is 0.741. The zero-order valence-corrected chi connectivity index (χ0v) is 11.6. The highest BCUT2D eigenvalue weighted by atomic mass is 32.2. The van der Waals surface area contributed by atoms with E-state index >= 15 is 0 Å². The van der Waals surface area contributed by atoms with Crippen molar-refractivity contribution in [3.05, 3.63) is 0 Å². The van der Waals surface area contributed by atoms with Gasteiger partial charge in [0.15, 0.2) is 0 Å². The number of hydrazine groups is 1. The van der Waals surface area contributed by atoms with Crippen LogP contribution < -0.4 is 11.3 Å². The van der Waals surface area contributed by atoms with Gasteiger partial charge in [-0.1, -0.05) is 32.1 Å². The van der Waals surface area contributed by atoms with Crippen molar-refractivity contribution in [1.82, 2.24) is 5.43 Å². The molecule has 2 rings (SSSR count). The lowest BCUT2D eigenvalue weighted by molar-refractivity contribution is 0.298. The molecule has 2 fully saturated rings. The molecule has 4 heteroatoms. The summed E-state index contributed by atoms with van der Waals surface area (Å²) in [4.78, 5) is 0. The Hall–Kier alpha value is 0.620. The predicted octanol–water partition coefficient (Wildman–Crippen LogP) is 2.64. The minimum absolute atomic E-state index is 0.542. The van der Waals surface area contributed by atoms with Crippen molar-refractivity contribution in [2.45, 2.75) is 49.8 Å². The Bertz CT molecular complexity index is 189. The second kappa shape index (κ2) is 7.14. The summed E-state index contributed by atoms with van der Waals surface area (Å²) in [6, 6.07) is 0.542. The molecule has 0 bridgehead atoms. The van der Waals surface area contributed by atoms with Crippen molar-refractivity contribution in [2.24, 2.45) is 11.8 Å². The minimum Gasteiger partial charge on any atom is -0.271 e. The zero-order valence-electron chi connectivity index (χ0n) is 9.99. The van der Waals surface area contributed by atoms with Gasteiger partial charge in [0.05, 0.1) is 0 Å². The van der Waals surface area contributed by atoms with Gasteiger partial charge in [-0.15, -0.1) is 0 Å². The van der Waals surface area contributed by atoms with Crippen LogP contribution in [0.1, 0.15) is 38.5 Å². The standard InChI is InChI=1S/C12H24N2S2/c13-14-11(12-9-15-6-7-16-12)8-10-4-2-1-3-5-10/h10-12,14H,1-9,13H2. The van der Waals surface area contributed by atoms with Crippen LogP contribution in [0, 0.1) is 5.92 Å². The monoisotopic (exact) mass is 260 g/mol. The molecule has 2 nitrogen and oxygen atoms in total. The topological polar surface area (TPSA) is 38.0 Å². The summed E-state index contributed by atoms with van der Waals surface area (Å²) in [5.74, 6) is 10.6. The Morgan fingerprint density at radius 3 is 2.62 bits per heavy atom. The molecule has 2 atom stereocenters. The maximum atomic E-state index is 5.75. The Kier molecular flexibility index (Phi) is 5.83. The summed E-state index contributed by atoms with van der Waals surface area (Å²) in [7, 11) is 0. The summed E-state index contributed by atoms with van der Waals surface area (Å²) in [6.07, 6.45) is 8.49. The van der Waals surface area contributed by atoms with Gasteiger partial charge in [-0.25, -0.2) is 0 Å². The Balaban J connectivity index is 1.78. The fourth-order valence-corrected chi connectivity index (χ4v) is 5.73. The number of hydrogen-bond donors (Lipinski definition) is 2. The molecule has 0 aromatic heterocycles. The molecule has 16 heavy (non-hydrogen) atoms. The molecule has 0 amide bonds. The van der Waals surface area contributed by atoms with Crippen LogP contribution in [-0.4, -0.2) is 28.6 Å². The van der Waals surface area contributed by atoms with Crippen LogP contribution in [0.3, 0.4) is 0 Å². The van der Waals surface area contributed by atoms with Crippen LogP contribution in [0.5, 0.6) is 0 Å². The molecule has 1 saturated heterocycles. The average Bonchev–Trinajstić information content (AvgIpc) is 2.38. The Morgan fingerprint density at radius 2 is 2.00 bits per heavy atom. The van der Waals surface area contributed by atoms with Gasteiger partial charge in [-0.05, 0) is 12.3 Å². The Morgan fingerprint density at radius 1 is 1.19 bits per heavy atom. The predicted molar refractivity (Wildman–Crippen MR) is 75.9 cm³/mol. The molecule has 0 aromatic rings. The van der Waals surface area contributed by atoms with Gasteiger partial charge in [-0.3, -0.25) is 11.3 Å². The van der Waals surface area contributed by atoms with E-state index in [1.54, 1.807) is 0 Å². The number of thioether (sulfide) groups is 2. The van der Waals surface area contributed by atoms with Crippen LogP contribution in [0.25, 0.3) is 0 Å². The number of hydrogen-bond acceptors (Lipinski definition) is 4. The van der Waals surface area contributed by atoms with Gasteiger partial charge in [0.1, 0.15) is 0 Å². The fourth-order valence-electron chi connectivity index (χ4n) is 2.85. The van der Waals surface area contributed by atoms with E-state index in [0.717, 1.165) is 11.2 Å². The first kappa shape index (κ1) is 13.1. The van der Waals surface area contributed by atoms with Crippen molar-refractivity contribution in [1.29, 1.82) is 0 Å². The number of nitrogens with two attached hydrogens (primary N) is 1. The third kappa shape index (κ3) is 3.83. The van der Waals surface area contributed by atoms with E-state index in [1.807, 2.05) is 0 Å². The third-order valence-corrected chi connectivity index (χ3v) is 6.74. The highest BCUT2D eigenvalue weighted by Crippen LogP contribution is 2.32. The van der Waals surface area contributed by atoms with Crippen molar-refractivity contribution < 1.29 is 0 Å². The van der Waals surface area contributed by atoms with E-state index in [1.165, 1.54) is 55.8 Å². The van der Waals surface area contributed by atoms with Crippen LogP contribution in [0.2, 0.25) is 0 Å². The maximum absolute atomic E-state index is 5.75. The lowest BCUT2D eigenvalue weighted by Crippen LogP contribution is -2.46. The van der Waals surface area contributed by atoms with Gasteiger partial charge >= 0.3 is 0 Å². The third-order valence-electron chi connectivity index (χ3n) is 3.82. The highest BCUT2D eigenvalue weighted by Gasteiger charge is 2.26. The van der Waals surface area contributed by atoms with Crippen LogP contribution in [-0.2, 0) is 0 Å². The summed E-state index contributed by atoms with van der Waals surface area (Å²) in [5.41, 5.74) is 3.08. The zero-order chi connectivity index (χ0) is 11.2. The molecule has 2 unspecified atom stereocenters. The summed E-state index contributed by atoms with van der Waals surface area (Å²) in [6.45, 7) is 0. The molecule has 1 aliphatic heterocycles. The molecule has 1 aliphatic carbocycles. The first-order valence-corrected chi connectivity index (χ1v) is 8.76. The van der Waals surface area contributed by atoms with Gasteiger partial charge in [-0.2, -0.15) is 23.5 Å². The maximum Gasteiger partial charge on any atom is 0.0340 e. The largest absolute Gasteiger partial charge is 0.271 e. The van der Waals surface area contributed by atoms with E-state index in [2.05, 4.69) is 28.9 Å². The van der Waals surface area contributed by atoms with Gasteiger partial charge in [0.25, 0.3) is 0 Å². The number of rotatable bonds is 4. The second-order valence-electron chi connectivity index (χ2n) is 5.00. The molecule has 2 aliphatic rings. The fraction of sp³-hybridized carbons (Fsp3) is 1.00. The van der Waals surface area contributed by atoms with E-state index in [-0.39, 0.29) is 0 Å². The molecular formula is C12H24N2S2. The lowest BCUT2D eigenvalue weighted by atomic mass is 9.84. The minimum atomic E-state index is 0.542. The van der Waals surface area contributed by atoms with Gasteiger partial charge in [0, 0.05) is 28.6 Å². The Labute approximate surface area is 108 Å². The SMILES string of the molecule is NNC(CC1CCCCC1)C1CSCCS1. The van der Waals surface area contributed by atoms with E-state index in [4.69, 9.17) is 5.84 Å². The van der Waals surface area contributed by atoms with Crippen LogP contribution in [0.4, 0.5) is 0 Å².